The summed E-state index contributed by atoms with van der Waals surface area (Å²) < 4.78 is 0.628. The third-order valence-electron chi connectivity index (χ3n) is 2.71. The van der Waals surface area contributed by atoms with Gasteiger partial charge in [0.25, 0.3) is 11.8 Å². The van der Waals surface area contributed by atoms with E-state index in [2.05, 4.69) is 36.5 Å². The Morgan fingerprint density at radius 2 is 1.95 bits per heavy atom. The van der Waals surface area contributed by atoms with Gasteiger partial charge < -0.3 is 5.32 Å². The highest BCUT2D eigenvalue weighted by Crippen LogP contribution is 2.26. The zero-order valence-corrected chi connectivity index (χ0v) is 12.1. The maximum atomic E-state index is 11.6. The number of halogens is 2. The summed E-state index contributed by atoms with van der Waals surface area (Å²) in [4.78, 5) is 30.9. The number of aromatic nitrogens is 2. The second-order valence-corrected chi connectivity index (χ2v) is 5.20. The number of anilines is 2. The van der Waals surface area contributed by atoms with Gasteiger partial charge >= 0.3 is 0 Å². The highest BCUT2D eigenvalue weighted by molar-refractivity contribution is 9.10. The Bertz CT molecular complexity index is 750. The van der Waals surface area contributed by atoms with Crippen molar-refractivity contribution in [3.05, 3.63) is 45.3 Å². The minimum atomic E-state index is -0.409. The lowest BCUT2D eigenvalue weighted by Crippen LogP contribution is -2.19. The number of hydrogen-bond donors (Lipinski definition) is 2. The number of carbonyl (C=O) groups is 2. The monoisotopic (exact) mass is 352 g/mol. The summed E-state index contributed by atoms with van der Waals surface area (Å²) in [6.07, 6.45) is 1.52. The Morgan fingerprint density at radius 1 is 1.20 bits per heavy atom. The molecule has 0 spiro atoms. The van der Waals surface area contributed by atoms with Crippen LogP contribution in [0.4, 0.5) is 11.5 Å². The van der Waals surface area contributed by atoms with Gasteiger partial charge in [0.05, 0.1) is 15.6 Å². The van der Waals surface area contributed by atoms with Crippen molar-refractivity contribution in [2.75, 3.05) is 5.32 Å². The molecule has 0 fully saturated rings. The van der Waals surface area contributed by atoms with Gasteiger partial charge in [-0.2, -0.15) is 4.98 Å². The molecule has 0 saturated heterocycles. The molecule has 0 unspecified atom stereocenters. The predicted octanol–water partition coefficient (Wildman–Crippen LogP) is 2.52. The first kappa shape index (κ1) is 13.0. The van der Waals surface area contributed by atoms with Crippen LogP contribution in [-0.4, -0.2) is 21.8 Å². The van der Waals surface area contributed by atoms with E-state index in [9.17, 15) is 9.59 Å². The third-order valence-corrected chi connectivity index (χ3v) is 3.48. The minimum absolute atomic E-state index is 0.102. The molecule has 1 aromatic heterocycles. The van der Waals surface area contributed by atoms with Crippen LogP contribution in [0, 0.1) is 0 Å². The molecule has 1 aliphatic rings. The Balaban J connectivity index is 1.97. The molecule has 1 aromatic carbocycles. The van der Waals surface area contributed by atoms with Crippen LogP contribution in [0.15, 0.2) is 28.9 Å². The summed E-state index contributed by atoms with van der Waals surface area (Å²) in [7, 11) is 0. The van der Waals surface area contributed by atoms with E-state index in [1.165, 1.54) is 6.20 Å². The molecule has 0 radical (unpaired) electrons. The molecule has 2 aromatic rings. The van der Waals surface area contributed by atoms with Crippen molar-refractivity contribution >= 4 is 50.9 Å². The fourth-order valence-electron chi connectivity index (χ4n) is 1.82. The van der Waals surface area contributed by atoms with Crippen LogP contribution in [0.25, 0.3) is 0 Å². The van der Waals surface area contributed by atoms with Gasteiger partial charge in [0, 0.05) is 11.9 Å². The van der Waals surface area contributed by atoms with Gasteiger partial charge in [-0.05, 0) is 45.7 Å². The van der Waals surface area contributed by atoms with Crippen LogP contribution in [0.5, 0.6) is 0 Å². The first-order valence-electron chi connectivity index (χ1n) is 5.49. The van der Waals surface area contributed by atoms with Crippen LogP contribution in [-0.2, 0) is 0 Å². The first-order valence-corrected chi connectivity index (χ1v) is 6.66. The van der Waals surface area contributed by atoms with Crippen molar-refractivity contribution in [2.24, 2.45) is 0 Å². The van der Waals surface area contributed by atoms with Crippen molar-refractivity contribution < 1.29 is 9.59 Å². The molecule has 1 aliphatic heterocycles. The van der Waals surface area contributed by atoms with E-state index in [4.69, 9.17) is 11.6 Å². The summed E-state index contributed by atoms with van der Waals surface area (Å²) in [5, 5.41) is 5.34. The van der Waals surface area contributed by atoms with Crippen molar-refractivity contribution in [3.63, 3.8) is 0 Å². The van der Waals surface area contributed by atoms with Crippen molar-refractivity contribution in [2.45, 2.75) is 0 Å². The fourth-order valence-corrected chi connectivity index (χ4v) is 2.24. The molecule has 100 valence electrons. The van der Waals surface area contributed by atoms with E-state index < -0.39 is 5.91 Å². The zero-order valence-electron chi connectivity index (χ0n) is 9.78. The van der Waals surface area contributed by atoms with Crippen LogP contribution in [0.2, 0.25) is 5.28 Å². The van der Waals surface area contributed by atoms with Crippen LogP contribution < -0.4 is 10.6 Å². The van der Waals surface area contributed by atoms with Gasteiger partial charge in [-0.3, -0.25) is 14.9 Å². The van der Waals surface area contributed by atoms with Crippen molar-refractivity contribution in [3.8, 4) is 0 Å². The molecule has 3 rings (SSSR count). The number of benzene rings is 1. The SMILES string of the molecule is O=C1NC(=O)c2cc(Nc3nc(Cl)ncc3Br)ccc21. The molecule has 0 atom stereocenters. The molecule has 20 heavy (non-hydrogen) atoms. The van der Waals surface area contributed by atoms with Crippen molar-refractivity contribution in [1.82, 2.24) is 15.3 Å². The van der Waals surface area contributed by atoms with Crippen LogP contribution in [0.3, 0.4) is 0 Å². The average Bonchev–Trinajstić information content (AvgIpc) is 2.69. The summed E-state index contributed by atoms with van der Waals surface area (Å²) in [5.41, 5.74) is 1.31. The standard InChI is InChI=1S/C12H6BrClN4O2/c13-8-4-15-12(14)17-9(8)16-5-1-2-6-7(3-5)11(20)18-10(6)19/h1-4H,(H,15,16,17)(H,18,19,20). The summed E-state index contributed by atoms with van der Waals surface area (Å²) >= 11 is 9.02. The average molecular weight is 354 g/mol. The second kappa shape index (κ2) is 4.84. The number of rotatable bonds is 2. The van der Waals surface area contributed by atoms with E-state index in [0.717, 1.165) is 0 Å². The van der Waals surface area contributed by atoms with E-state index in [-0.39, 0.29) is 11.2 Å². The molecule has 0 aliphatic carbocycles. The number of carbonyl (C=O) groups excluding carboxylic acids is 2. The maximum absolute atomic E-state index is 11.6. The molecule has 2 N–H and O–H groups in total. The minimum Gasteiger partial charge on any atom is -0.339 e. The molecule has 0 bridgehead atoms. The Labute approximate surface area is 126 Å². The van der Waals surface area contributed by atoms with Gasteiger partial charge in [-0.25, -0.2) is 4.98 Å². The van der Waals surface area contributed by atoms with Crippen molar-refractivity contribution in [1.29, 1.82) is 0 Å². The number of amides is 2. The second-order valence-electron chi connectivity index (χ2n) is 4.00. The van der Waals surface area contributed by atoms with Gasteiger partial charge in [-0.1, -0.05) is 0 Å². The molecule has 6 nitrogen and oxygen atoms in total. The lowest BCUT2D eigenvalue weighted by Gasteiger charge is -2.08. The quantitative estimate of drug-likeness (QED) is 0.640. The summed E-state index contributed by atoms with van der Waals surface area (Å²) in [6, 6.07) is 4.84. The summed E-state index contributed by atoms with van der Waals surface area (Å²) in [6.45, 7) is 0. The number of hydrogen-bond acceptors (Lipinski definition) is 5. The Morgan fingerprint density at radius 3 is 2.75 bits per heavy atom. The lowest BCUT2D eigenvalue weighted by atomic mass is 10.1. The first-order chi connectivity index (χ1) is 9.54. The molecular weight excluding hydrogens is 348 g/mol. The molecule has 8 heteroatoms. The van der Waals surface area contributed by atoms with E-state index in [1.54, 1.807) is 18.2 Å². The predicted molar refractivity (Wildman–Crippen MR) is 76.3 cm³/mol. The van der Waals surface area contributed by atoms with Gasteiger partial charge in [0.15, 0.2) is 0 Å². The van der Waals surface area contributed by atoms with Gasteiger partial charge in [-0.15, -0.1) is 0 Å². The Hall–Kier alpha value is -1.99. The van der Waals surface area contributed by atoms with Crippen LogP contribution in [0.1, 0.15) is 20.7 Å². The van der Waals surface area contributed by atoms with Gasteiger partial charge in [0.2, 0.25) is 5.28 Å². The molecule has 2 heterocycles. The highest BCUT2D eigenvalue weighted by Gasteiger charge is 2.26. The normalized spacial score (nSPS) is 13.1. The number of nitrogens with one attached hydrogen (secondary N) is 2. The van der Waals surface area contributed by atoms with Gasteiger partial charge in [0.1, 0.15) is 5.82 Å². The number of fused-ring (bicyclic) bond motifs is 1. The fraction of sp³-hybridized carbons (Fsp3) is 0. The van der Waals surface area contributed by atoms with Crippen LogP contribution >= 0.6 is 27.5 Å². The smallest absolute Gasteiger partial charge is 0.259 e. The van der Waals surface area contributed by atoms with E-state index in [0.29, 0.717) is 27.1 Å². The molecular formula is C12H6BrClN4O2. The topological polar surface area (TPSA) is 84.0 Å². The highest BCUT2D eigenvalue weighted by atomic mass is 79.9. The number of imide groups is 1. The van der Waals surface area contributed by atoms with E-state index in [1.807, 2.05) is 0 Å². The lowest BCUT2D eigenvalue weighted by molar-refractivity contribution is 0.0879. The largest absolute Gasteiger partial charge is 0.339 e. The number of nitrogens with zero attached hydrogens (tertiary/aromatic N) is 2. The van der Waals surface area contributed by atoms with E-state index >= 15 is 0 Å². The Kier molecular flexibility index (Phi) is 3.15. The zero-order chi connectivity index (χ0) is 14.3. The maximum Gasteiger partial charge on any atom is 0.259 e. The summed E-state index contributed by atoms with van der Waals surface area (Å²) in [5.74, 6) is -0.328. The molecule has 2 amide bonds. The third kappa shape index (κ3) is 2.25. The molecule has 0 saturated carbocycles.